The number of hydrogen-bond acceptors (Lipinski definition) is 5. The van der Waals surface area contributed by atoms with E-state index >= 15 is 0 Å². The number of carbonyl (C=O) groups excluding carboxylic acids is 1. The Labute approximate surface area is 217 Å². The number of carbonyl (C=O) groups is 2. The van der Waals surface area contributed by atoms with Crippen LogP contribution in [-0.4, -0.2) is 49.5 Å². The van der Waals surface area contributed by atoms with Gasteiger partial charge in [-0.3, -0.25) is 0 Å². The molecule has 7 nitrogen and oxygen atoms in total. The highest BCUT2D eigenvalue weighted by Gasteiger charge is 2.30. The van der Waals surface area contributed by atoms with Crippen LogP contribution in [0.25, 0.3) is 11.1 Å². The third kappa shape index (κ3) is 5.26. The molecule has 1 aliphatic heterocycles. The number of benzene rings is 3. The van der Waals surface area contributed by atoms with Gasteiger partial charge in [0.05, 0.1) is 6.61 Å². The maximum Gasteiger partial charge on any atom is 0.407 e. The van der Waals surface area contributed by atoms with Crippen LogP contribution in [0.1, 0.15) is 42.4 Å². The Balaban J connectivity index is 1.26. The Morgan fingerprint density at radius 1 is 1.00 bits per heavy atom. The lowest BCUT2D eigenvalue weighted by molar-refractivity contribution is -0.139. The first-order valence-electron chi connectivity index (χ1n) is 12.9. The first kappa shape index (κ1) is 24.7. The van der Waals surface area contributed by atoms with Crippen molar-refractivity contribution in [2.45, 2.75) is 38.1 Å². The van der Waals surface area contributed by atoms with Crippen molar-refractivity contribution in [2.24, 2.45) is 0 Å². The molecule has 1 saturated heterocycles. The van der Waals surface area contributed by atoms with Crippen LogP contribution in [0.5, 0.6) is 5.75 Å². The van der Waals surface area contributed by atoms with Gasteiger partial charge in [-0.25, -0.2) is 9.59 Å². The quantitative estimate of drug-likeness (QED) is 0.419. The van der Waals surface area contributed by atoms with Gasteiger partial charge in [-0.15, -0.1) is 0 Å². The van der Waals surface area contributed by atoms with Gasteiger partial charge >= 0.3 is 12.1 Å². The summed E-state index contributed by atoms with van der Waals surface area (Å²) >= 11 is 0. The van der Waals surface area contributed by atoms with Crippen molar-refractivity contribution in [3.8, 4) is 16.9 Å². The third-order valence-corrected chi connectivity index (χ3v) is 7.18. The van der Waals surface area contributed by atoms with E-state index in [-0.39, 0.29) is 18.9 Å². The van der Waals surface area contributed by atoms with Crippen LogP contribution in [0.4, 0.5) is 10.5 Å². The number of hydrogen-bond donors (Lipinski definition) is 2. The summed E-state index contributed by atoms with van der Waals surface area (Å²) in [6, 6.07) is 20.9. The Kier molecular flexibility index (Phi) is 7.30. The minimum absolute atomic E-state index is 0.0924. The van der Waals surface area contributed by atoms with E-state index in [1.807, 2.05) is 61.5 Å². The number of nitrogens with zero attached hydrogens (tertiary/aromatic N) is 1. The molecule has 1 atom stereocenters. The van der Waals surface area contributed by atoms with Gasteiger partial charge in [0.2, 0.25) is 0 Å². The maximum absolute atomic E-state index is 12.7. The maximum atomic E-state index is 12.7. The Hall–Kier alpha value is -4.00. The summed E-state index contributed by atoms with van der Waals surface area (Å²) < 4.78 is 11.4. The highest BCUT2D eigenvalue weighted by atomic mass is 16.5. The molecule has 2 N–H and O–H groups in total. The SMILES string of the molecule is CCOc1cc(N2CCCC2)ccc1CC(NC(=O)OCC1c2ccccc2-c2ccccc21)C(=O)O. The zero-order valence-electron chi connectivity index (χ0n) is 21.0. The lowest BCUT2D eigenvalue weighted by Crippen LogP contribution is -2.43. The van der Waals surface area contributed by atoms with Gasteiger partial charge < -0.3 is 24.8 Å². The molecule has 2 aliphatic rings. The minimum Gasteiger partial charge on any atom is -0.494 e. The molecule has 3 aromatic carbocycles. The highest BCUT2D eigenvalue weighted by Crippen LogP contribution is 2.44. The fourth-order valence-electron chi connectivity index (χ4n) is 5.38. The second kappa shape index (κ2) is 10.9. The minimum atomic E-state index is -1.15. The fourth-order valence-corrected chi connectivity index (χ4v) is 5.38. The predicted octanol–water partition coefficient (Wildman–Crippen LogP) is 5.22. The molecule has 192 valence electrons. The van der Waals surface area contributed by atoms with Crippen molar-refractivity contribution >= 4 is 17.7 Å². The van der Waals surface area contributed by atoms with Gasteiger partial charge in [0.1, 0.15) is 18.4 Å². The van der Waals surface area contributed by atoms with Gasteiger partial charge in [0.25, 0.3) is 0 Å². The largest absolute Gasteiger partial charge is 0.494 e. The van der Waals surface area contributed by atoms with E-state index in [1.54, 1.807) is 0 Å². The lowest BCUT2D eigenvalue weighted by Gasteiger charge is -2.22. The summed E-state index contributed by atoms with van der Waals surface area (Å²) in [7, 11) is 0. The Bertz CT molecular complexity index is 1240. The smallest absolute Gasteiger partial charge is 0.407 e. The van der Waals surface area contributed by atoms with Crippen LogP contribution in [0.15, 0.2) is 66.7 Å². The monoisotopic (exact) mass is 500 g/mol. The molecular formula is C30H32N2O5. The molecule has 5 rings (SSSR count). The number of carboxylic acid groups (broad SMARTS) is 1. The van der Waals surface area contributed by atoms with E-state index in [1.165, 1.54) is 0 Å². The number of nitrogens with one attached hydrogen (secondary N) is 1. The highest BCUT2D eigenvalue weighted by molar-refractivity contribution is 5.81. The van der Waals surface area contributed by atoms with Gasteiger partial charge in [-0.1, -0.05) is 54.6 Å². The second-order valence-corrected chi connectivity index (χ2v) is 9.48. The number of amides is 1. The average molecular weight is 501 g/mol. The van der Waals surface area contributed by atoms with Crippen molar-refractivity contribution in [1.82, 2.24) is 5.32 Å². The van der Waals surface area contributed by atoms with E-state index in [9.17, 15) is 14.7 Å². The van der Waals surface area contributed by atoms with Crippen molar-refractivity contribution in [2.75, 3.05) is 31.2 Å². The van der Waals surface area contributed by atoms with Crippen LogP contribution < -0.4 is 15.0 Å². The molecule has 0 bridgehead atoms. The van der Waals surface area contributed by atoms with E-state index < -0.39 is 18.1 Å². The van der Waals surface area contributed by atoms with Crippen molar-refractivity contribution < 1.29 is 24.2 Å². The second-order valence-electron chi connectivity index (χ2n) is 9.48. The third-order valence-electron chi connectivity index (χ3n) is 7.18. The van der Waals surface area contributed by atoms with Crippen LogP contribution in [0.2, 0.25) is 0 Å². The lowest BCUT2D eigenvalue weighted by atomic mass is 9.98. The number of alkyl carbamates (subject to hydrolysis) is 1. The molecular weight excluding hydrogens is 468 g/mol. The Morgan fingerprint density at radius 3 is 2.27 bits per heavy atom. The molecule has 1 unspecified atom stereocenters. The summed E-state index contributed by atoms with van der Waals surface area (Å²) in [4.78, 5) is 27.1. The van der Waals surface area contributed by atoms with Crippen LogP contribution in [-0.2, 0) is 16.0 Å². The number of rotatable bonds is 9. The first-order valence-corrected chi connectivity index (χ1v) is 12.9. The Morgan fingerprint density at radius 2 is 1.65 bits per heavy atom. The zero-order chi connectivity index (χ0) is 25.8. The molecule has 1 aliphatic carbocycles. The number of ether oxygens (including phenoxy) is 2. The average Bonchev–Trinajstić information content (AvgIpc) is 3.55. The van der Waals surface area contributed by atoms with Gasteiger partial charge in [-0.05, 0) is 53.6 Å². The van der Waals surface area contributed by atoms with Crippen molar-refractivity contribution in [3.63, 3.8) is 0 Å². The number of anilines is 1. The summed E-state index contributed by atoms with van der Waals surface area (Å²) in [5, 5.41) is 12.4. The molecule has 0 radical (unpaired) electrons. The number of fused-ring (bicyclic) bond motifs is 3. The standard InChI is InChI=1S/C30H32N2O5/c1-2-36-28-18-21(32-15-7-8-16-32)14-13-20(28)17-27(29(33)34)31-30(35)37-19-26-24-11-5-3-9-22(24)23-10-4-6-12-25(23)26/h3-6,9-14,18,26-27H,2,7-8,15-17,19H2,1H3,(H,31,35)(H,33,34). The molecule has 1 fully saturated rings. The molecule has 0 aromatic heterocycles. The molecule has 1 amide bonds. The number of carboxylic acids is 1. The molecule has 3 aromatic rings. The molecule has 0 spiro atoms. The summed E-state index contributed by atoms with van der Waals surface area (Å²) in [5.74, 6) is -0.573. The van der Waals surface area contributed by atoms with Gasteiger partial charge in [0, 0.05) is 37.2 Å². The van der Waals surface area contributed by atoms with E-state index in [2.05, 4.69) is 22.3 Å². The first-order chi connectivity index (χ1) is 18.0. The topological polar surface area (TPSA) is 88.1 Å². The molecule has 37 heavy (non-hydrogen) atoms. The van der Waals surface area contributed by atoms with Crippen LogP contribution in [0.3, 0.4) is 0 Å². The van der Waals surface area contributed by atoms with E-state index in [0.717, 1.165) is 59.4 Å². The van der Waals surface area contributed by atoms with Crippen molar-refractivity contribution in [1.29, 1.82) is 0 Å². The predicted molar refractivity (Wildman–Crippen MR) is 142 cm³/mol. The molecule has 7 heteroatoms. The van der Waals surface area contributed by atoms with E-state index in [4.69, 9.17) is 9.47 Å². The summed E-state index contributed by atoms with van der Waals surface area (Å²) in [6.45, 7) is 4.50. The summed E-state index contributed by atoms with van der Waals surface area (Å²) in [6.07, 6.45) is 1.67. The van der Waals surface area contributed by atoms with Crippen LogP contribution in [0, 0.1) is 0 Å². The zero-order valence-corrected chi connectivity index (χ0v) is 21.0. The van der Waals surface area contributed by atoms with Gasteiger partial charge in [0.15, 0.2) is 0 Å². The molecule has 1 heterocycles. The van der Waals surface area contributed by atoms with Crippen molar-refractivity contribution in [3.05, 3.63) is 83.4 Å². The number of aliphatic carboxylic acids is 1. The van der Waals surface area contributed by atoms with Crippen LogP contribution >= 0.6 is 0 Å². The molecule has 0 saturated carbocycles. The normalized spacial score (nSPS) is 15.1. The fraction of sp³-hybridized carbons (Fsp3) is 0.333. The van der Waals surface area contributed by atoms with E-state index in [0.29, 0.717) is 12.4 Å². The summed E-state index contributed by atoms with van der Waals surface area (Å²) in [5.41, 5.74) is 6.28. The van der Waals surface area contributed by atoms with Gasteiger partial charge in [-0.2, -0.15) is 0 Å².